The summed E-state index contributed by atoms with van der Waals surface area (Å²) in [5.74, 6) is 0. The number of aliphatic hydroxyl groups excluding tert-OH is 1. The lowest BCUT2D eigenvalue weighted by atomic mass is 10.1. The molecular formula is C9H9F2N3O. The number of pyridine rings is 1. The molecule has 80 valence electrons. The van der Waals surface area contributed by atoms with Crippen LogP contribution in [0.2, 0.25) is 0 Å². The van der Waals surface area contributed by atoms with Gasteiger partial charge in [0.25, 0.3) is 6.43 Å². The minimum atomic E-state index is -2.74. The molecule has 1 rings (SSSR count). The first-order chi connectivity index (χ1) is 7.13. The summed E-state index contributed by atoms with van der Waals surface area (Å²) in [7, 11) is 0. The molecule has 0 amide bonds. The average Bonchev–Trinajstić information content (AvgIpc) is 2.26. The highest BCUT2D eigenvalue weighted by atomic mass is 19.3. The molecule has 15 heavy (non-hydrogen) atoms. The Morgan fingerprint density at radius 3 is 2.67 bits per heavy atom. The molecule has 0 saturated carbocycles. The van der Waals surface area contributed by atoms with Crippen molar-refractivity contribution in [3.63, 3.8) is 0 Å². The van der Waals surface area contributed by atoms with Gasteiger partial charge in [0, 0.05) is 6.54 Å². The van der Waals surface area contributed by atoms with Gasteiger partial charge in [-0.25, -0.2) is 13.8 Å². The number of alkyl halides is 2. The Kier molecular flexibility index (Phi) is 3.66. The summed E-state index contributed by atoms with van der Waals surface area (Å²) in [4.78, 5) is 3.56. The number of rotatable bonds is 3. The molecule has 1 aromatic heterocycles. The Hall–Kier alpha value is -1.58. The summed E-state index contributed by atoms with van der Waals surface area (Å²) in [5.41, 5.74) is 5.09. The van der Waals surface area contributed by atoms with Crippen LogP contribution in [-0.2, 0) is 13.2 Å². The molecule has 0 aliphatic carbocycles. The lowest BCUT2D eigenvalue weighted by Crippen LogP contribution is -2.08. The molecule has 4 nitrogen and oxygen atoms in total. The van der Waals surface area contributed by atoms with Crippen LogP contribution in [0.3, 0.4) is 0 Å². The topological polar surface area (TPSA) is 82.9 Å². The van der Waals surface area contributed by atoms with Gasteiger partial charge in [-0.1, -0.05) is 0 Å². The maximum atomic E-state index is 12.4. The van der Waals surface area contributed by atoms with E-state index in [4.69, 9.17) is 16.1 Å². The Labute approximate surface area is 85.0 Å². The van der Waals surface area contributed by atoms with Crippen molar-refractivity contribution >= 4 is 0 Å². The van der Waals surface area contributed by atoms with Crippen LogP contribution < -0.4 is 5.73 Å². The standard InChI is InChI=1S/C9H9F2N3O/c10-9(11)7-1-5(4-15)6(2-12)8(3-13)14-7/h1,9,15H,3-4,13H2. The van der Waals surface area contributed by atoms with Crippen molar-refractivity contribution in [1.29, 1.82) is 5.26 Å². The molecule has 6 heteroatoms. The molecule has 0 radical (unpaired) electrons. The molecule has 0 fully saturated rings. The summed E-state index contributed by atoms with van der Waals surface area (Å²) < 4.78 is 24.7. The third-order valence-corrected chi connectivity index (χ3v) is 1.89. The van der Waals surface area contributed by atoms with Gasteiger partial charge in [0.2, 0.25) is 0 Å². The van der Waals surface area contributed by atoms with Crippen LogP contribution in [0.4, 0.5) is 8.78 Å². The molecule has 0 aliphatic heterocycles. The summed E-state index contributed by atoms with van der Waals surface area (Å²) in [6, 6.07) is 2.80. The van der Waals surface area contributed by atoms with Gasteiger partial charge in [-0.05, 0) is 11.6 Å². The average molecular weight is 213 g/mol. The molecule has 0 unspecified atom stereocenters. The van der Waals surface area contributed by atoms with Gasteiger partial charge in [0.15, 0.2) is 0 Å². The monoisotopic (exact) mass is 213 g/mol. The van der Waals surface area contributed by atoms with Crippen molar-refractivity contribution in [2.75, 3.05) is 0 Å². The second-order valence-electron chi connectivity index (χ2n) is 2.80. The maximum Gasteiger partial charge on any atom is 0.280 e. The van der Waals surface area contributed by atoms with Crippen molar-refractivity contribution in [3.8, 4) is 6.07 Å². The van der Waals surface area contributed by atoms with E-state index < -0.39 is 18.7 Å². The van der Waals surface area contributed by atoms with Gasteiger partial charge in [0.1, 0.15) is 11.8 Å². The molecule has 0 aromatic carbocycles. The number of aliphatic hydroxyl groups is 1. The number of hydrogen-bond acceptors (Lipinski definition) is 4. The molecule has 0 bridgehead atoms. The molecule has 3 N–H and O–H groups in total. The van der Waals surface area contributed by atoms with Crippen molar-refractivity contribution in [2.24, 2.45) is 5.73 Å². The van der Waals surface area contributed by atoms with E-state index in [9.17, 15) is 8.78 Å². The van der Waals surface area contributed by atoms with Gasteiger partial charge in [-0.15, -0.1) is 0 Å². The normalized spacial score (nSPS) is 10.4. The quantitative estimate of drug-likeness (QED) is 0.779. The summed E-state index contributed by atoms with van der Waals surface area (Å²) >= 11 is 0. The van der Waals surface area contributed by atoms with E-state index in [-0.39, 0.29) is 23.4 Å². The minimum Gasteiger partial charge on any atom is -0.392 e. The number of nitriles is 1. The lowest BCUT2D eigenvalue weighted by Gasteiger charge is -2.08. The molecule has 1 aromatic rings. The largest absolute Gasteiger partial charge is 0.392 e. The maximum absolute atomic E-state index is 12.4. The van der Waals surface area contributed by atoms with Crippen LogP contribution in [-0.4, -0.2) is 10.1 Å². The zero-order valence-corrected chi connectivity index (χ0v) is 7.74. The van der Waals surface area contributed by atoms with Crippen molar-refractivity contribution in [1.82, 2.24) is 4.98 Å². The van der Waals surface area contributed by atoms with Crippen molar-refractivity contribution in [3.05, 3.63) is 28.6 Å². The number of nitrogens with two attached hydrogens (primary N) is 1. The van der Waals surface area contributed by atoms with Gasteiger partial charge < -0.3 is 10.8 Å². The fourth-order valence-electron chi connectivity index (χ4n) is 1.20. The van der Waals surface area contributed by atoms with E-state index in [2.05, 4.69) is 4.98 Å². The molecule has 0 aliphatic rings. The van der Waals surface area contributed by atoms with Gasteiger partial charge in [-0.2, -0.15) is 5.26 Å². The third kappa shape index (κ3) is 2.26. The van der Waals surface area contributed by atoms with E-state index in [1.165, 1.54) is 0 Å². The highest BCUT2D eigenvalue weighted by molar-refractivity contribution is 5.42. The number of aromatic nitrogens is 1. The third-order valence-electron chi connectivity index (χ3n) is 1.89. The van der Waals surface area contributed by atoms with Gasteiger partial charge in [0.05, 0.1) is 17.9 Å². The van der Waals surface area contributed by atoms with Gasteiger partial charge >= 0.3 is 0 Å². The minimum absolute atomic E-state index is 0.0735. The first-order valence-electron chi connectivity index (χ1n) is 4.15. The number of nitrogens with zero attached hydrogens (tertiary/aromatic N) is 2. The number of hydrogen-bond donors (Lipinski definition) is 2. The van der Waals surface area contributed by atoms with E-state index in [0.717, 1.165) is 6.07 Å². The van der Waals surface area contributed by atoms with E-state index in [0.29, 0.717) is 0 Å². The Morgan fingerprint density at radius 1 is 1.60 bits per heavy atom. The molecule has 1 heterocycles. The first-order valence-corrected chi connectivity index (χ1v) is 4.15. The van der Waals surface area contributed by atoms with Crippen LogP contribution in [0.25, 0.3) is 0 Å². The Bertz CT molecular complexity index is 376. The van der Waals surface area contributed by atoms with Crippen LogP contribution in [0, 0.1) is 11.3 Å². The van der Waals surface area contributed by atoms with Gasteiger partial charge in [-0.3, -0.25) is 0 Å². The first kappa shape index (κ1) is 11.5. The summed E-state index contributed by atoms with van der Waals surface area (Å²) in [6.07, 6.45) is -2.74. The fourth-order valence-corrected chi connectivity index (χ4v) is 1.20. The summed E-state index contributed by atoms with van der Waals surface area (Å²) in [5, 5.41) is 17.7. The van der Waals surface area contributed by atoms with Crippen LogP contribution in [0.1, 0.15) is 28.9 Å². The second kappa shape index (κ2) is 4.77. The zero-order valence-electron chi connectivity index (χ0n) is 7.74. The predicted molar refractivity (Wildman–Crippen MR) is 47.7 cm³/mol. The van der Waals surface area contributed by atoms with E-state index in [1.807, 2.05) is 0 Å². The SMILES string of the molecule is N#Cc1c(CO)cc(C(F)F)nc1CN. The fraction of sp³-hybridized carbons (Fsp3) is 0.333. The van der Waals surface area contributed by atoms with Crippen LogP contribution >= 0.6 is 0 Å². The van der Waals surface area contributed by atoms with Crippen molar-refractivity contribution < 1.29 is 13.9 Å². The lowest BCUT2D eigenvalue weighted by molar-refractivity contribution is 0.145. The Balaban J connectivity index is 3.37. The highest BCUT2D eigenvalue weighted by Gasteiger charge is 2.16. The van der Waals surface area contributed by atoms with E-state index >= 15 is 0 Å². The zero-order chi connectivity index (χ0) is 11.4. The molecular weight excluding hydrogens is 204 g/mol. The molecule has 0 saturated heterocycles. The second-order valence-corrected chi connectivity index (χ2v) is 2.80. The smallest absolute Gasteiger partial charge is 0.280 e. The van der Waals surface area contributed by atoms with Crippen LogP contribution in [0.5, 0.6) is 0 Å². The van der Waals surface area contributed by atoms with Crippen LogP contribution in [0.15, 0.2) is 6.07 Å². The number of halogens is 2. The molecule has 0 spiro atoms. The van der Waals surface area contributed by atoms with E-state index in [1.54, 1.807) is 6.07 Å². The Morgan fingerprint density at radius 2 is 2.27 bits per heavy atom. The molecule has 0 atom stereocenters. The van der Waals surface area contributed by atoms with Crippen molar-refractivity contribution in [2.45, 2.75) is 19.6 Å². The summed E-state index contributed by atoms with van der Waals surface area (Å²) in [6.45, 7) is -0.603. The highest BCUT2D eigenvalue weighted by Crippen LogP contribution is 2.21. The predicted octanol–water partition coefficient (Wildman–Crippen LogP) is 0.842.